The summed E-state index contributed by atoms with van der Waals surface area (Å²) in [6.07, 6.45) is 5.06. The SMILES string of the molecule is CCN(CC)C(=O)c1cc(NS(=O)(=O)c2ccccc2)ccc1N1CCCN(C(=O)C2CCCC2)CC1. The number of anilines is 2. The molecule has 1 saturated heterocycles. The molecule has 2 aromatic carbocycles. The van der Waals surface area contributed by atoms with Crippen molar-refractivity contribution in [2.45, 2.75) is 50.8 Å². The smallest absolute Gasteiger partial charge is 0.261 e. The van der Waals surface area contributed by atoms with Crippen LogP contribution >= 0.6 is 0 Å². The van der Waals surface area contributed by atoms with Gasteiger partial charge in [-0.2, -0.15) is 0 Å². The molecular formula is C28H38N4O4S. The second-order valence-electron chi connectivity index (χ2n) is 9.78. The van der Waals surface area contributed by atoms with Gasteiger partial charge in [0.05, 0.1) is 10.5 Å². The highest BCUT2D eigenvalue weighted by Crippen LogP contribution is 2.30. The van der Waals surface area contributed by atoms with Gasteiger partial charge in [-0.3, -0.25) is 14.3 Å². The van der Waals surface area contributed by atoms with Crippen molar-refractivity contribution in [2.75, 3.05) is 48.9 Å². The van der Waals surface area contributed by atoms with Crippen LogP contribution in [0.3, 0.4) is 0 Å². The maximum absolute atomic E-state index is 13.5. The summed E-state index contributed by atoms with van der Waals surface area (Å²) in [5, 5.41) is 0. The first kappa shape index (κ1) is 27.0. The summed E-state index contributed by atoms with van der Waals surface area (Å²) in [4.78, 5) is 32.6. The minimum Gasteiger partial charge on any atom is -0.369 e. The number of hydrogen-bond acceptors (Lipinski definition) is 5. The van der Waals surface area contributed by atoms with Crippen LogP contribution in [-0.2, 0) is 14.8 Å². The van der Waals surface area contributed by atoms with Gasteiger partial charge in [0, 0.05) is 56.6 Å². The molecule has 0 unspecified atom stereocenters. The Morgan fingerprint density at radius 1 is 0.919 bits per heavy atom. The molecule has 1 aliphatic carbocycles. The third kappa shape index (κ3) is 6.26. The van der Waals surface area contributed by atoms with Crippen molar-refractivity contribution in [3.8, 4) is 0 Å². The van der Waals surface area contributed by atoms with E-state index in [0.29, 0.717) is 37.4 Å². The standard InChI is InChI=1S/C28H38N4O4S/c1-3-30(4-2)28(34)25-21-23(29-37(35,36)24-13-6-5-7-14-24)15-16-26(25)31-17-10-18-32(20-19-31)27(33)22-11-8-9-12-22/h5-7,13-16,21-22,29H,3-4,8-12,17-20H2,1-2H3. The monoisotopic (exact) mass is 526 g/mol. The Balaban J connectivity index is 1.60. The van der Waals surface area contributed by atoms with Gasteiger partial charge in [0.15, 0.2) is 0 Å². The molecule has 0 atom stereocenters. The average molecular weight is 527 g/mol. The number of sulfonamides is 1. The number of carbonyl (C=O) groups is 2. The van der Waals surface area contributed by atoms with E-state index in [-0.39, 0.29) is 22.6 Å². The Morgan fingerprint density at radius 3 is 2.30 bits per heavy atom. The first-order chi connectivity index (χ1) is 17.8. The molecule has 1 heterocycles. The fourth-order valence-electron chi connectivity index (χ4n) is 5.35. The second kappa shape index (κ2) is 12.0. The van der Waals surface area contributed by atoms with Crippen LogP contribution in [0.4, 0.5) is 11.4 Å². The second-order valence-corrected chi connectivity index (χ2v) is 11.5. The molecule has 1 aliphatic heterocycles. The molecule has 9 heteroatoms. The molecular weight excluding hydrogens is 488 g/mol. The van der Waals surface area contributed by atoms with Crippen LogP contribution < -0.4 is 9.62 Å². The fourth-order valence-corrected chi connectivity index (χ4v) is 6.42. The quantitative estimate of drug-likeness (QED) is 0.557. The molecule has 0 spiro atoms. The van der Waals surface area contributed by atoms with E-state index in [1.807, 2.05) is 24.8 Å². The maximum Gasteiger partial charge on any atom is 0.261 e. The summed E-state index contributed by atoms with van der Waals surface area (Å²) in [5.74, 6) is 0.289. The van der Waals surface area contributed by atoms with Crippen molar-refractivity contribution >= 4 is 33.2 Å². The Morgan fingerprint density at radius 2 is 1.62 bits per heavy atom. The Bertz CT molecular complexity index is 1190. The predicted molar refractivity (Wildman–Crippen MR) is 146 cm³/mol. The zero-order valence-electron chi connectivity index (χ0n) is 21.9. The third-order valence-electron chi connectivity index (χ3n) is 7.44. The van der Waals surface area contributed by atoms with Crippen LogP contribution in [0, 0.1) is 5.92 Å². The highest BCUT2D eigenvalue weighted by molar-refractivity contribution is 7.92. The van der Waals surface area contributed by atoms with Gasteiger partial charge >= 0.3 is 0 Å². The summed E-state index contributed by atoms with van der Waals surface area (Å²) in [5.41, 5.74) is 1.58. The molecule has 8 nitrogen and oxygen atoms in total. The van der Waals surface area contributed by atoms with Crippen molar-refractivity contribution in [1.29, 1.82) is 0 Å². The Labute approximate surface area is 220 Å². The van der Waals surface area contributed by atoms with Crippen LogP contribution in [0.2, 0.25) is 0 Å². The Kier molecular flexibility index (Phi) is 8.74. The first-order valence-corrected chi connectivity index (χ1v) is 14.9. The van der Waals surface area contributed by atoms with Crippen LogP contribution in [0.15, 0.2) is 53.4 Å². The molecule has 0 bridgehead atoms. The number of benzene rings is 2. The lowest BCUT2D eigenvalue weighted by molar-refractivity contribution is -0.135. The van der Waals surface area contributed by atoms with Crippen molar-refractivity contribution in [2.24, 2.45) is 5.92 Å². The van der Waals surface area contributed by atoms with E-state index in [1.54, 1.807) is 35.2 Å². The molecule has 4 rings (SSSR count). The molecule has 200 valence electrons. The third-order valence-corrected chi connectivity index (χ3v) is 8.83. The van der Waals surface area contributed by atoms with Crippen molar-refractivity contribution < 1.29 is 18.0 Å². The lowest BCUT2D eigenvalue weighted by atomic mass is 10.1. The molecule has 37 heavy (non-hydrogen) atoms. The van der Waals surface area contributed by atoms with Gasteiger partial charge in [-0.15, -0.1) is 0 Å². The summed E-state index contributed by atoms with van der Waals surface area (Å²) >= 11 is 0. The van der Waals surface area contributed by atoms with Crippen molar-refractivity contribution in [3.05, 3.63) is 54.1 Å². The largest absolute Gasteiger partial charge is 0.369 e. The number of rotatable bonds is 8. The van der Waals surface area contributed by atoms with E-state index in [9.17, 15) is 18.0 Å². The van der Waals surface area contributed by atoms with Gasteiger partial charge in [-0.25, -0.2) is 8.42 Å². The van der Waals surface area contributed by atoms with E-state index in [0.717, 1.165) is 50.9 Å². The summed E-state index contributed by atoms with van der Waals surface area (Å²) in [7, 11) is -3.79. The van der Waals surface area contributed by atoms with Crippen LogP contribution in [0.1, 0.15) is 56.3 Å². The number of nitrogens with one attached hydrogen (secondary N) is 1. The lowest BCUT2D eigenvalue weighted by Gasteiger charge is -2.28. The molecule has 2 fully saturated rings. The van der Waals surface area contributed by atoms with Gasteiger partial charge in [0.1, 0.15) is 0 Å². The molecule has 0 radical (unpaired) electrons. The topological polar surface area (TPSA) is 90.0 Å². The van der Waals surface area contributed by atoms with E-state index in [1.165, 1.54) is 12.1 Å². The van der Waals surface area contributed by atoms with Crippen LogP contribution in [0.5, 0.6) is 0 Å². The molecule has 1 N–H and O–H groups in total. The predicted octanol–water partition coefficient (Wildman–Crippen LogP) is 4.20. The van der Waals surface area contributed by atoms with E-state index >= 15 is 0 Å². The first-order valence-electron chi connectivity index (χ1n) is 13.4. The highest BCUT2D eigenvalue weighted by Gasteiger charge is 2.29. The van der Waals surface area contributed by atoms with Gasteiger partial charge in [0.2, 0.25) is 5.91 Å². The number of nitrogens with zero attached hydrogens (tertiary/aromatic N) is 3. The van der Waals surface area contributed by atoms with E-state index < -0.39 is 10.0 Å². The minimum atomic E-state index is -3.79. The summed E-state index contributed by atoms with van der Waals surface area (Å²) in [6, 6.07) is 13.4. The van der Waals surface area contributed by atoms with Gasteiger partial charge in [-0.05, 0) is 63.4 Å². The number of carbonyl (C=O) groups excluding carboxylic acids is 2. The summed E-state index contributed by atoms with van der Waals surface area (Å²) < 4.78 is 28.5. The molecule has 0 aromatic heterocycles. The molecule has 1 saturated carbocycles. The van der Waals surface area contributed by atoms with Crippen LogP contribution in [0.25, 0.3) is 0 Å². The molecule has 2 amide bonds. The maximum atomic E-state index is 13.5. The van der Waals surface area contributed by atoms with Crippen molar-refractivity contribution in [1.82, 2.24) is 9.80 Å². The number of amides is 2. The van der Waals surface area contributed by atoms with E-state index in [4.69, 9.17) is 0 Å². The summed E-state index contributed by atoms with van der Waals surface area (Å²) in [6.45, 7) is 7.67. The van der Waals surface area contributed by atoms with Gasteiger partial charge < -0.3 is 14.7 Å². The average Bonchev–Trinajstić information content (AvgIpc) is 3.34. The van der Waals surface area contributed by atoms with Crippen molar-refractivity contribution in [3.63, 3.8) is 0 Å². The lowest BCUT2D eigenvalue weighted by Crippen LogP contribution is -2.38. The molecule has 2 aromatic rings. The van der Waals surface area contributed by atoms with Crippen LogP contribution in [-0.4, -0.2) is 69.3 Å². The normalized spacial score (nSPS) is 16.9. The zero-order valence-corrected chi connectivity index (χ0v) is 22.7. The zero-order chi connectivity index (χ0) is 26.4. The Hall–Kier alpha value is -3.07. The number of hydrogen-bond donors (Lipinski definition) is 1. The van der Waals surface area contributed by atoms with Gasteiger partial charge in [0.25, 0.3) is 15.9 Å². The fraction of sp³-hybridized carbons (Fsp3) is 0.500. The van der Waals surface area contributed by atoms with Gasteiger partial charge in [-0.1, -0.05) is 31.0 Å². The minimum absolute atomic E-state index is 0.135. The highest BCUT2D eigenvalue weighted by atomic mass is 32.2. The molecule has 2 aliphatic rings. The van der Waals surface area contributed by atoms with E-state index in [2.05, 4.69) is 9.62 Å².